The van der Waals surface area contributed by atoms with E-state index in [1.165, 1.54) is 15.9 Å². The molecular weight excluding hydrogens is 330 g/mol. The van der Waals surface area contributed by atoms with E-state index in [-0.39, 0.29) is 17.1 Å². The average molecular weight is 341 g/mol. The summed E-state index contributed by atoms with van der Waals surface area (Å²) in [5.74, 6) is -1.24. The van der Waals surface area contributed by atoms with Gasteiger partial charge in [0.2, 0.25) is 0 Å². The van der Waals surface area contributed by atoms with Crippen molar-refractivity contribution in [3.05, 3.63) is 57.5 Å². The first-order chi connectivity index (χ1) is 10.5. The van der Waals surface area contributed by atoms with Gasteiger partial charge in [0.15, 0.2) is 0 Å². The molecule has 0 aliphatic heterocycles. The van der Waals surface area contributed by atoms with Gasteiger partial charge in [-0.2, -0.15) is 0 Å². The Labute approximate surface area is 133 Å². The van der Waals surface area contributed by atoms with Crippen molar-refractivity contribution in [3.8, 4) is 5.69 Å². The van der Waals surface area contributed by atoms with Crippen LogP contribution in [0.2, 0.25) is 0 Å². The maximum Gasteiger partial charge on any atom is 0.276 e. The fourth-order valence-corrected chi connectivity index (χ4v) is 3.15. The molecule has 0 saturated heterocycles. The van der Waals surface area contributed by atoms with E-state index in [0.29, 0.717) is 16.6 Å². The van der Waals surface area contributed by atoms with Crippen LogP contribution >= 0.6 is 22.9 Å². The number of benzene rings is 1. The van der Waals surface area contributed by atoms with Crippen LogP contribution in [0.25, 0.3) is 15.9 Å². The Bertz CT molecular complexity index is 886. The van der Waals surface area contributed by atoms with Crippen molar-refractivity contribution in [3.63, 3.8) is 0 Å². The molecule has 7 heteroatoms. The zero-order valence-electron chi connectivity index (χ0n) is 11.5. The second-order valence-corrected chi connectivity index (χ2v) is 6.19. The molecule has 0 saturated carbocycles. The van der Waals surface area contributed by atoms with E-state index in [1.807, 2.05) is 6.92 Å². The number of hydrogen-bond donors (Lipinski definition) is 0. The molecule has 0 N–H and O–H groups in total. The third kappa shape index (κ3) is 2.53. The molecule has 1 atom stereocenters. The molecule has 114 valence electrons. The summed E-state index contributed by atoms with van der Waals surface area (Å²) in [7, 11) is 0. The van der Waals surface area contributed by atoms with Crippen LogP contribution in [-0.4, -0.2) is 9.55 Å². The fraction of sp³-hybridized carbons (Fsp3) is 0.200. The normalized spacial score (nSPS) is 12.7. The van der Waals surface area contributed by atoms with Gasteiger partial charge in [-0.3, -0.25) is 9.36 Å². The number of aromatic nitrogens is 2. The first kappa shape index (κ1) is 15.1. The van der Waals surface area contributed by atoms with E-state index in [1.54, 1.807) is 11.4 Å². The van der Waals surface area contributed by atoms with Crippen LogP contribution in [0.1, 0.15) is 24.5 Å². The summed E-state index contributed by atoms with van der Waals surface area (Å²) in [6.07, 6.45) is 0.529. The van der Waals surface area contributed by atoms with Gasteiger partial charge in [-0.15, -0.1) is 22.9 Å². The van der Waals surface area contributed by atoms with E-state index >= 15 is 0 Å². The van der Waals surface area contributed by atoms with Gasteiger partial charge >= 0.3 is 0 Å². The summed E-state index contributed by atoms with van der Waals surface area (Å²) in [6.45, 7) is 1.85. The average Bonchev–Trinajstić information content (AvgIpc) is 2.93. The fourth-order valence-electron chi connectivity index (χ4n) is 2.24. The zero-order chi connectivity index (χ0) is 15.9. The Hall–Kier alpha value is -1.79. The SMILES string of the molecule is CCC(Cl)c1nc2ccsc2c(=O)n1-c1cc(F)cc(F)c1. The van der Waals surface area contributed by atoms with Crippen molar-refractivity contribution in [2.45, 2.75) is 18.7 Å². The molecule has 0 radical (unpaired) electrons. The van der Waals surface area contributed by atoms with Gasteiger partial charge < -0.3 is 0 Å². The van der Waals surface area contributed by atoms with Crippen LogP contribution in [0.5, 0.6) is 0 Å². The van der Waals surface area contributed by atoms with E-state index in [2.05, 4.69) is 4.98 Å². The lowest BCUT2D eigenvalue weighted by Crippen LogP contribution is -2.24. The summed E-state index contributed by atoms with van der Waals surface area (Å²) < 4.78 is 28.6. The maximum atomic E-state index is 13.5. The van der Waals surface area contributed by atoms with Crippen molar-refractivity contribution in [1.82, 2.24) is 9.55 Å². The lowest BCUT2D eigenvalue weighted by atomic mass is 10.2. The molecule has 0 bridgehead atoms. The maximum absolute atomic E-state index is 13.5. The van der Waals surface area contributed by atoms with Gasteiger partial charge in [-0.25, -0.2) is 13.8 Å². The van der Waals surface area contributed by atoms with Crippen LogP contribution < -0.4 is 5.56 Å². The quantitative estimate of drug-likeness (QED) is 0.662. The minimum atomic E-state index is -0.762. The van der Waals surface area contributed by atoms with Crippen LogP contribution in [0.4, 0.5) is 8.78 Å². The lowest BCUT2D eigenvalue weighted by molar-refractivity contribution is 0.580. The minimum Gasteiger partial charge on any atom is -0.267 e. The summed E-state index contributed by atoms with van der Waals surface area (Å²) in [5, 5.41) is 1.21. The molecule has 0 fully saturated rings. The van der Waals surface area contributed by atoms with Crippen molar-refractivity contribution >= 4 is 33.2 Å². The minimum absolute atomic E-state index is 0.0828. The predicted molar refractivity (Wildman–Crippen MR) is 84.0 cm³/mol. The zero-order valence-corrected chi connectivity index (χ0v) is 13.1. The first-order valence-corrected chi connectivity index (χ1v) is 7.93. The highest BCUT2D eigenvalue weighted by Gasteiger charge is 2.19. The number of hydrogen-bond acceptors (Lipinski definition) is 3. The number of thiophene rings is 1. The topological polar surface area (TPSA) is 34.9 Å². The Kier molecular flexibility index (Phi) is 3.97. The van der Waals surface area contributed by atoms with Gasteiger partial charge in [0.1, 0.15) is 22.2 Å². The van der Waals surface area contributed by atoms with Crippen LogP contribution in [0.3, 0.4) is 0 Å². The predicted octanol–water partition coefficient (Wildman–Crippen LogP) is 4.42. The highest BCUT2D eigenvalue weighted by molar-refractivity contribution is 7.17. The number of halogens is 3. The van der Waals surface area contributed by atoms with Crippen LogP contribution in [0, 0.1) is 11.6 Å². The van der Waals surface area contributed by atoms with E-state index in [0.717, 1.165) is 18.2 Å². The molecule has 0 amide bonds. The summed E-state index contributed by atoms with van der Waals surface area (Å²) in [5.41, 5.74) is 0.246. The van der Waals surface area contributed by atoms with Gasteiger partial charge in [-0.1, -0.05) is 6.92 Å². The van der Waals surface area contributed by atoms with Crippen LogP contribution in [0.15, 0.2) is 34.4 Å². The monoisotopic (exact) mass is 340 g/mol. The van der Waals surface area contributed by atoms with E-state index < -0.39 is 17.0 Å². The second kappa shape index (κ2) is 5.78. The number of rotatable bonds is 3. The number of nitrogens with zero attached hydrogens (tertiary/aromatic N) is 2. The molecule has 3 nitrogen and oxygen atoms in total. The van der Waals surface area contributed by atoms with Crippen molar-refractivity contribution in [2.75, 3.05) is 0 Å². The Morgan fingerprint density at radius 3 is 2.64 bits per heavy atom. The smallest absolute Gasteiger partial charge is 0.267 e. The van der Waals surface area contributed by atoms with Crippen molar-refractivity contribution in [2.24, 2.45) is 0 Å². The van der Waals surface area contributed by atoms with Crippen molar-refractivity contribution in [1.29, 1.82) is 0 Å². The van der Waals surface area contributed by atoms with Crippen molar-refractivity contribution < 1.29 is 8.78 Å². The summed E-state index contributed by atoms with van der Waals surface area (Å²) >= 11 is 7.49. The summed E-state index contributed by atoms with van der Waals surface area (Å²) in [4.78, 5) is 17.1. The Morgan fingerprint density at radius 1 is 1.32 bits per heavy atom. The van der Waals surface area contributed by atoms with Gasteiger partial charge in [0.25, 0.3) is 5.56 Å². The molecule has 2 aromatic heterocycles. The first-order valence-electron chi connectivity index (χ1n) is 6.62. The molecular formula is C15H11ClF2N2OS. The third-order valence-corrected chi connectivity index (χ3v) is 4.65. The van der Waals surface area contributed by atoms with Crippen LogP contribution in [-0.2, 0) is 0 Å². The number of fused-ring (bicyclic) bond motifs is 1. The molecule has 22 heavy (non-hydrogen) atoms. The standard InChI is InChI=1S/C15H11ClF2N2OS/c1-2-11(16)14-19-12-3-4-22-13(12)15(21)20(14)10-6-8(17)5-9(18)7-10/h3-7,11H,2H2,1H3. The van der Waals surface area contributed by atoms with E-state index in [4.69, 9.17) is 11.6 Å². The molecule has 1 unspecified atom stereocenters. The molecule has 3 rings (SSSR count). The largest absolute Gasteiger partial charge is 0.276 e. The Balaban J connectivity index is 2.39. The van der Waals surface area contributed by atoms with E-state index in [9.17, 15) is 13.6 Å². The third-order valence-electron chi connectivity index (χ3n) is 3.25. The molecule has 2 heterocycles. The molecule has 0 aliphatic carbocycles. The Morgan fingerprint density at radius 2 is 2.00 bits per heavy atom. The number of alkyl halides is 1. The van der Waals surface area contributed by atoms with Gasteiger partial charge in [-0.05, 0) is 30.0 Å². The molecule has 3 aromatic rings. The highest BCUT2D eigenvalue weighted by atomic mass is 35.5. The highest BCUT2D eigenvalue weighted by Crippen LogP contribution is 2.27. The van der Waals surface area contributed by atoms with Gasteiger partial charge in [0.05, 0.1) is 16.6 Å². The molecule has 0 aliphatic rings. The molecule has 1 aromatic carbocycles. The molecule has 0 spiro atoms. The summed E-state index contributed by atoms with van der Waals surface area (Å²) in [6, 6.07) is 4.66. The van der Waals surface area contributed by atoms with Gasteiger partial charge in [0, 0.05) is 6.07 Å². The lowest BCUT2D eigenvalue weighted by Gasteiger charge is -2.15. The second-order valence-electron chi connectivity index (χ2n) is 4.75.